The van der Waals surface area contributed by atoms with Crippen LogP contribution in [0.2, 0.25) is 0 Å². The highest BCUT2D eigenvalue weighted by Gasteiger charge is 2.21. The summed E-state index contributed by atoms with van der Waals surface area (Å²) in [7, 11) is 0. The molecule has 1 atom stereocenters. The monoisotopic (exact) mass is 439 g/mol. The Morgan fingerprint density at radius 3 is 2.09 bits per heavy atom. The average molecular weight is 439 g/mol. The topological polar surface area (TPSA) is 51.2 Å². The van der Waals surface area contributed by atoms with Crippen molar-refractivity contribution in [2.45, 2.75) is 40.7 Å². The fraction of sp³-hybridized carbons (Fsp3) is 0.875. The van der Waals surface area contributed by atoms with Crippen LogP contribution in [-0.4, -0.2) is 85.0 Å². The zero-order valence-corrected chi connectivity index (χ0v) is 17.7. The molecule has 0 aromatic carbocycles. The molecule has 6 nitrogen and oxygen atoms in total. The van der Waals surface area contributed by atoms with E-state index < -0.39 is 0 Å². The molecule has 136 valence electrons. The molecule has 0 saturated carbocycles. The molecule has 1 aliphatic heterocycles. The maximum absolute atomic E-state index is 11.4. The lowest BCUT2D eigenvalue weighted by molar-refractivity contribution is -0.130. The van der Waals surface area contributed by atoms with Crippen LogP contribution in [0.25, 0.3) is 0 Å². The van der Waals surface area contributed by atoms with Crippen molar-refractivity contribution in [1.29, 1.82) is 0 Å². The van der Waals surface area contributed by atoms with Gasteiger partial charge < -0.3 is 15.1 Å². The van der Waals surface area contributed by atoms with Crippen molar-refractivity contribution in [3.05, 3.63) is 0 Å². The van der Waals surface area contributed by atoms with E-state index in [1.807, 2.05) is 4.90 Å². The molecule has 1 unspecified atom stereocenters. The zero-order chi connectivity index (χ0) is 16.5. The van der Waals surface area contributed by atoms with E-state index >= 15 is 0 Å². The number of halogens is 1. The second-order valence-electron chi connectivity index (χ2n) is 5.76. The van der Waals surface area contributed by atoms with E-state index in [0.717, 1.165) is 58.3 Å². The first-order valence-corrected chi connectivity index (χ1v) is 8.56. The number of guanidine groups is 1. The van der Waals surface area contributed by atoms with Gasteiger partial charge in [-0.15, -0.1) is 24.0 Å². The van der Waals surface area contributed by atoms with Crippen LogP contribution in [0.4, 0.5) is 0 Å². The number of piperazine rings is 1. The van der Waals surface area contributed by atoms with E-state index in [9.17, 15) is 4.79 Å². The molecular formula is C16H34IN5O. The van der Waals surface area contributed by atoms with Crippen LogP contribution in [0.1, 0.15) is 34.6 Å². The van der Waals surface area contributed by atoms with Crippen molar-refractivity contribution in [3.63, 3.8) is 0 Å². The van der Waals surface area contributed by atoms with Gasteiger partial charge in [-0.3, -0.25) is 14.7 Å². The van der Waals surface area contributed by atoms with Crippen molar-refractivity contribution in [1.82, 2.24) is 20.0 Å². The van der Waals surface area contributed by atoms with Crippen LogP contribution >= 0.6 is 24.0 Å². The normalized spacial score (nSPS) is 17.0. The van der Waals surface area contributed by atoms with Crippen molar-refractivity contribution in [2.24, 2.45) is 4.99 Å². The molecule has 1 heterocycles. The number of carbonyl (C=O) groups is 1. The van der Waals surface area contributed by atoms with E-state index in [0.29, 0.717) is 6.04 Å². The summed E-state index contributed by atoms with van der Waals surface area (Å²) in [5.74, 6) is 1.14. The number of amides is 1. The fourth-order valence-corrected chi connectivity index (χ4v) is 2.84. The van der Waals surface area contributed by atoms with Gasteiger partial charge in [-0.05, 0) is 26.9 Å². The number of aliphatic imine (C=N–C) groups is 1. The maximum atomic E-state index is 11.4. The van der Waals surface area contributed by atoms with Crippen LogP contribution < -0.4 is 5.32 Å². The number of rotatable bonds is 6. The molecular weight excluding hydrogens is 405 g/mol. The van der Waals surface area contributed by atoms with E-state index in [2.05, 4.69) is 42.8 Å². The highest BCUT2D eigenvalue weighted by molar-refractivity contribution is 14.0. The van der Waals surface area contributed by atoms with Gasteiger partial charge >= 0.3 is 0 Å². The number of nitrogens with zero attached hydrogens (tertiary/aromatic N) is 4. The standard InChI is InChI=1S/C16H33N5O.HI/c1-6-17-16(18-13-14(4)19(7-2)8-3)21-11-9-20(10-12-21)15(5)22;/h14H,6-13H2,1-5H3,(H,17,18);1H. The molecule has 1 N–H and O–H groups in total. The Bertz CT molecular complexity index is 365. The molecule has 1 amide bonds. The third-order valence-electron chi connectivity index (χ3n) is 4.30. The Morgan fingerprint density at radius 2 is 1.65 bits per heavy atom. The lowest BCUT2D eigenvalue weighted by Crippen LogP contribution is -2.53. The molecule has 0 aliphatic carbocycles. The van der Waals surface area contributed by atoms with Crippen molar-refractivity contribution >= 4 is 35.8 Å². The Morgan fingerprint density at radius 1 is 1.13 bits per heavy atom. The van der Waals surface area contributed by atoms with Crippen molar-refractivity contribution in [2.75, 3.05) is 52.4 Å². The second kappa shape index (κ2) is 11.9. The highest BCUT2D eigenvalue weighted by Crippen LogP contribution is 2.04. The molecule has 1 aliphatic rings. The lowest BCUT2D eigenvalue weighted by atomic mass is 10.3. The van der Waals surface area contributed by atoms with Crippen molar-refractivity contribution in [3.8, 4) is 0 Å². The summed E-state index contributed by atoms with van der Waals surface area (Å²) in [6.45, 7) is 17.4. The minimum atomic E-state index is 0. The van der Waals surface area contributed by atoms with E-state index in [1.165, 1.54) is 0 Å². The molecule has 0 spiro atoms. The predicted molar refractivity (Wildman–Crippen MR) is 108 cm³/mol. The summed E-state index contributed by atoms with van der Waals surface area (Å²) in [6, 6.07) is 0.446. The van der Waals surface area contributed by atoms with Gasteiger partial charge in [0.05, 0.1) is 6.54 Å². The molecule has 0 aromatic rings. The summed E-state index contributed by atoms with van der Waals surface area (Å²) in [4.78, 5) is 22.8. The molecule has 0 bridgehead atoms. The van der Waals surface area contributed by atoms with Gasteiger partial charge in [0, 0.05) is 45.7 Å². The quantitative estimate of drug-likeness (QED) is 0.387. The fourth-order valence-electron chi connectivity index (χ4n) is 2.84. The van der Waals surface area contributed by atoms with Crippen LogP contribution in [0.5, 0.6) is 0 Å². The minimum Gasteiger partial charge on any atom is -0.357 e. The molecule has 0 aromatic heterocycles. The smallest absolute Gasteiger partial charge is 0.219 e. The van der Waals surface area contributed by atoms with Gasteiger partial charge in [0.2, 0.25) is 5.91 Å². The largest absolute Gasteiger partial charge is 0.357 e. The number of likely N-dealkylation sites (N-methyl/N-ethyl adjacent to an activating group) is 1. The first kappa shape index (κ1) is 22.4. The maximum Gasteiger partial charge on any atom is 0.219 e. The molecule has 1 rings (SSSR count). The Labute approximate surface area is 158 Å². The molecule has 1 fully saturated rings. The van der Waals surface area contributed by atoms with Crippen LogP contribution in [0, 0.1) is 0 Å². The number of nitrogens with one attached hydrogen (secondary N) is 1. The third-order valence-corrected chi connectivity index (χ3v) is 4.30. The number of hydrogen-bond donors (Lipinski definition) is 1. The average Bonchev–Trinajstić information content (AvgIpc) is 2.52. The van der Waals surface area contributed by atoms with Crippen LogP contribution in [-0.2, 0) is 4.79 Å². The zero-order valence-electron chi connectivity index (χ0n) is 15.3. The van der Waals surface area contributed by atoms with Gasteiger partial charge in [-0.1, -0.05) is 13.8 Å². The summed E-state index contributed by atoms with van der Waals surface area (Å²) < 4.78 is 0. The van der Waals surface area contributed by atoms with Gasteiger partial charge in [0.25, 0.3) is 0 Å². The summed E-state index contributed by atoms with van der Waals surface area (Å²) in [6.07, 6.45) is 0. The predicted octanol–water partition coefficient (Wildman–Crippen LogP) is 1.46. The Kier molecular flexibility index (Phi) is 11.6. The Hall–Kier alpha value is -0.570. The minimum absolute atomic E-state index is 0. The first-order valence-electron chi connectivity index (χ1n) is 8.56. The van der Waals surface area contributed by atoms with Crippen LogP contribution in [0.3, 0.4) is 0 Å². The van der Waals surface area contributed by atoms with Crippen molar-refractivity contribution < 1.29 is 4.79 Å². The summed E-state index contributed by atoms with van der Waals surface area (Å²) in [5.41, 5.74) is 0. The SMILES string of the molecule is CCNC(=NCC(C)N(CC)CC)N1CCN(C(C)=O)CC1.I. The molecule has 23 heavy (non-hydrogen) atoms. The van der Waals surface area contributed by atoms with E-state index in [1.54, 1.807) is 6.92 Å². The highest BCUT2D eigenvalue weighted by atomic mass is 127. The molecule has 7 heteroatoms. The number of hydrogen-bond acceptors (Lipinski definition) is 3. The van der Waals surface area contributed by atoms with Crippen LogP contribution in [0.15, 0.2) is 4.99 Å². The lowest BCUT2D eigenvalue weighted by Gasteiger charge is -2.36. The Balaban J connectivity index is 0.00000484. The van der Waals surface area contributed by atoms with E-state index in [4.69, 9.17) is 4.99 Å². The van der Waals surface area contributed by atoms with Gasteiger partial charge in [-0.25, -0.2) is 0 Å². The molecule has 1 saturated heterocycles. The summed E-state index contributed by atoms with van der Waals surface area (Å²) >= 11 is 0. The number of carbonyl (C=O) groups excluding carboxylic acids is 1. The van der Waals surface area contributed by atoms with Gasteiger partial charge in [-0.2, -0.15) is 0 Å². The third kappa shape index (κ3) is 7.24. The van der Waals surface area contributed by atoms with Gasteiger partial charge in [0.1, 0.15) is 0 Å². The summed E-state index contributed by atoms with van der Waals surface area (Å²) in [5, 5.41) is 3.38. The van der Waals surface area contributed by atoms with Gasteiger partial charge in [0.15, 0.2) is 5.96 Å². The first-order chi connectivity index (χ1) is 10.5. The molecule has 0 radical (unpaired) electrons. The second-order valence-corrected chi connectivity index (χ2v) is 5.76. The van der Waals surface area contributed by atoms with E-state index in [-0.39, 0.29) is 29.9 Å².